The van der Waals surface area contributed by atoms with Crippen molar-refractivity contribution in [3.63, 3.8) is 0 Å². The molecule has 3 heteroatoms. The van der Waals surface area contributed by atoms with Crippen LogP contribution in [0.4, 0.5) is 0 Å². The molecule has 1 aliphatic heterocycles. The van der Waals surface area contributed by atoms with E-state index < -0.39 is 5.54 Å². The molecule has 1 fully saturated rings. The van der Waals surface area contributed by atoms with Crippen LogP contribution in [0.1, 0.15) is 26.7 Å². The number of carbonyl (C=O) groups excluding carboxylic acids is 1. The van der Waals surface area contributed by atoms with Gasteiger partial charge in [-0.05, 0) is 12.8 Å². The fourth-order valence-corrected chi connectivity index (χ4v) is 1.56. The zero-order valence-corrected chi connectivity index (χ0v) is 7.80. The Morgan fingerprint density at radius 2 is 1.92 bits per heavy atom. The van der Waals surface area contributed by atoms with Gasteiger partial charge in [-0.15, -0.1) is 0 Å². The van der Waals surface area contributed by atoms with Crippen LogP contribution in [0.2, 0.25) is 0 Å². The van der Waals surface area contributed by atoms with Crippen LogP contribution in [-0.4, -0.2) is 24.5 Å². The molecule has 0 unspecified atom stereocenters. The fraction of sp³-hybridized carbons (Fsp3) is 0.889. The summed E-state index contributed by atoms with van der Waals surface area (Å²) in [5, 5.41) is 0. The Bertz CT molecular complexity index is 171. The molecule has 0 atom stereocenters. The van der Waals surface area contributed by atoms with E-state index in [1.165, 1.54) is 0 Å². The first kappa shape index (κ1) is 9.68. The van der Waals surface area contributed by atoms with E-state index in [0.717, 1.165) is 0 Å². The maximum absolute atomic E-state index is 11.6. The summed E-state index contributed by atoms with van der Waals surface area (Å²) in [7, 11) is 0. The monoisotopic (exact) mass is 171 g/mol. The van der Waals surface area contributed by atoms with Crippen LogP contribution in [-0.2, 0) is 9.53 Å². The van der Waals surface area contributed by atoms with Gasteiger partial charge >= 0.3 is 0 Å². The first-order valence-corrected chi connectivity index (χ1v) is 4.47. The van der Waals surface area contributed by atoms with Gasteiger partial charge < -0.3 is 10.5 Å². The average molecular weight is 171 g/mol. The van der Waals surface area contributed by atoms with Gasteiger partial charge in [0.2, 0.25) is 0 Å². The van der Waals surface area contributed by atoms with Crippen molar-refractivity contribution in [3.05, 3.63) is 0 Å². The Labute approximate surface area is 73.3 Å². The molecule has 2 N–H and O–H groups in total. The van der Waals surface area contributed by atoms with Crippen LogP contribution >= 0.6 is 0 Å². The van der Waals surface area contributed by atoms with Gasteiger partial charge in [0.15, 0.2) is 5.78 Å². The number of nitrogens with two attached hydrogens (primary N) is 1. The number of ketones is 1. The average Bonchev–Trinajstić information content (AvgIpc) is 2.04. The van der Waals surface area contributed by atoms with Crippen molar-refractivity contribution in [2.75, 3.05) is 13.2 Å². The summed E-state index contributed by atoms with van der Waals surface area (Å²) >= 11 is 0. The van der Waals surface area contributed by atoms with Crippen LogP contribution in [0, 0.1) is 5.92 Å². The Kier molecular flexibility index (Phi) is 2.85. The van der Waals surface area contributed by atoms with E-state index in [9.17, 15) is 4.79 Å². The molecule has 0 bridgehead atoms. The summed E-state index contributed by atoms with van der Waals surface area (Å²) in [4.78, 5) is 11.6. The Morgan fingerprint density at radius 3 is 2.33 bits per heavy atom. The highest BCUT2D eigenvalue weighted by molar-refractivity contribution is 5.89. The number of hydrogen-bond donors (Lipinski definition) is 1. The predicted molar refractivity (Wildman–Crippen MR) is 46.8 cm³/mol. The lowest BCUT2D eigenvalue weighted by Gasteiger charge is -2.33. The third-order valence-electron chi connectivity index (χ3n) is 2.40. The zero-order valence-electron chi connectivity index (χ0n) is 7.80. The van der Waals surface area contributed by atoms with Crippen molar-refractivity contribution in [3.8, 4) is 0 Å². The lowest BCUT2D eigenvalue weighted by Crippen LogP contribution is -2.53. The SMILES string of the molecule is CC(C)C(=O)C1(N)CCOCC1. The topological polar surface area (TPSA) is 52.3 Å². The smallest absolute Gasteiger partial charge is 0.155 e. The largest absolute Gasteiger partial charge is 0.381 e. The summed E-state index contributed by atoms with van der Waals surface area (Å²) < 4.78 is 5.16. The number of carbonyl (C=O) groups is 1. The standard InChI is InChI=1S/C9H17NO2/c1-7(2)8(11)9(10)3-5-12-6-4-9/h7H,3-6,10H2,1-2H3. The highest BCUT2D eigenvalue weighted by Gasteiger charge is 2.36. The van der Waals surface area contributed by atoms with E-state index in [0.29, 0.717) is 26.1 Å². The van der Waals surface area contributed by atoms with Crippen LogP contribution in [0.5, 0.6) is 0 Å². The molecule has 1 heterocycles. The Hall–Kier alpha value is -0.410. The van der Waals surface area contributed by atoms with Gasteiger partial charge in [-0.1, -0.05) is 13.8 Å². The minimum Gasteiger partial charge on any atom is -0.381 e. The van der Waals surface area contributed by atoms with Gasteiger partial charge in [-0.3, -0.25) is 4.79 Å². The highest BCUT2D eigenvalue weighted by atomic mass is 16.5. The molecule has 1 saturated heterocycles. The van der Waals surface area contributed by atoms with Crippen molar-refractivity contribution in [2.45, 2.75) is 32.2 Å². The molecule has 0 aromatic heterocycles. The van der Waals surface area contributed by atoms with Gasteiger partial charge in [0.05, 0.1) is 5.54 Å². The molecule has 0 spiro atoms. The molecule has 12 heavy (non-hydrogen) atoms. The third-order valence-corrected chi connectivity index (χ3v) is 2.40. The van der Waals surface area contributed by atoms with E-state index in [1.807, 2.05) is 13.8 Å². The van der Waals surface area contributed by atoms with Crippen molar-refractivity contribution in [2.24, 2.45) is 11.7 Å². The first-order valence-electron chi connectivity index (χ1n) is 4.47. The number of Topliss-reactive ketones (excluding diaryl/α,β-unsaturated/α-hetero) is 1. The Morgan fingerprint density at radius 1 is 1.42 bits per heavy atom. The second-order valence-electron chi connectivity index (χ2n) is 3.79. The van der Waals surface area contributed by atoms with Gasteiger partial charge in [-0.2, -0.15) is 0 Å². The molecule has 0 saturated carbocycles. The van der Waals surface area contributed by atoms with E-state index in [1.54, 1.807) is 0 Å². The number of rotatable bonds is 2. The molecule has 1 rings (SSSR count). The molecule has 0 aromatic carbocycles. The number of ether oxygens (including phenoxy) is 1. The summed E-state index contributed by atoms with van der Waals surface area (Å²) in [5.74, 6) is 0.207. The van der Waals surface area contributed by atoms with Crippen molar-refractivity contribution in [1.29, 1.82) is 0 Å². The maximum Gasteiger partial charge on any atom is 0.155 e. The van der Waals surface area contributed by atoms with E-state index in [-0.39, 0.29) is 11.7 Å². The molecule has 1 aliphatic rings. The highest BCUT2D eigenvalue weighted by Crippen LogP contribution is 2.21. The summed E-state index contributed by atoms with van der Waals surface area (Å²) in [5.41, 5.74) is 5.37. The lowest BCUT2D eigenvalue weighted by molar-refractivity contribution is -0.130. The summed E-state index contributed by atoms with van der Waals surface area (Å²) in [6, 6.07) is 0. The van der Waals surface area contributed by atoms with Crippen molar-refractivity contribution in [1.82, 2.24) is 0 Å². The third kappa shape index (κ3) is 1.84. The van der Waals surface area contributed by atoms with Gasteiger partial charge in [0, 0.05) is 19.1 Å². The molecule has 70 valence electrons. The fourth-order valence-electron chi connectivity index (χ4n) is 1.56. The van der Waals surface area contributed by atoms with Gasteiger partial charge in [0.25, 0.3) is 0 Å². The minimum absolute atomic E-state index is 0.0353. The van der Waals surface area contributed by atoms with Crippen LogP contribution < -0.4 is 5.73 Å². The molecule has 0 aliphatic carbocycles. The first-order chi connectivity index (χ1) is 5.56. The van der Waals surface area contributed by atoms with E-state index in [4.69, 9.17) is 10.5 Å². The minimum atomic E-state index is -0.605. The molecular weight excluding hydrogens is 154 g/mol. The molecule has 0 aromatic rings. The summed E-state index contributed by atoms with van der Waals surface area (Å²) in [6.45, 7) is 5.03. The van der Waals surface area contributed by atoms with E-state index >= 15 is 0 Å². The molecular formula is C9H17NO2. The van der Waals surface area contributed by atoms with Crippen LogP contribution in [0.3, 0.4) is 0 Å². The number of hydrogen-bond acceptors (Lipinski definition) is 3. The quantitative estimate of drug-likeness (QED) is 0.666. The second-order valence-corrected chi connectivity index (χ2v) is 3.79. The van der Waals surface area contributed by atoms with Crippen LogP contribution in [0.15, 0.2) is 0 Å². The normalized spacial score (nSPS) is 22.7. The zero-order chi connectivity index (χ0) is 9.19. The van der Waals surface area contributed by atoms with Gasteiger partial charge in [0.1, 0.15) is 0 Å². The Balaban J connectivity index is 2.62. The van der Waals surface area contributed by atoms with Gasteiger partial charge in [-0.25, -0.2) is 0 Å². The predicted octanol–water partition coefficient (Wildman–Crippen LogP) is 0.719. The lowest BCUT2D eigenvalue weighted by atomic mass is 9.82. The van der Waals surface area contributed by atoms with Crippen molar-refractivity contribution < 1.29 is 9.53 Å². The van der Waals surface area contributed by atoms with Crippen molar-refractivity contribution >= 4 is 5.78 Å². The van der Waals surface area contributed by atoms with Crippen LogP contribution in [0.25, 0.3) is 0 Å². The molecule has 0 radical (unpaired) electrons. The maximum atomic E-state index is 11.6. The molecule has 0 amide bonds. The second kappa shape index (κ2) is 3.54. The molecule has 3 nitrogen and oxygen atoms in total. The summed E-state index contributed by atoms with van der Waals surface area (Å²) in [6.07, 6.45) is 1.34. The van der Waals surface area contributed by atoms with E-state index in [2.05, 4.69) is 0 Å².